The minimum absolute atomic E-state index is 0.222. The molecule has 0 bridgehead atoms. The smallest absolute Gasteiger partial charge is 0.210 e. The number of aromatic nitrogens is 1. The van der Waals surface area contributed by atoms with Crippen molar-refractivity contribution in [3.8, 4) is 0 Å². The van der Waals surface area contributed by atoms with Crippen molar-refractivity contribution in [1.82, 2.24) is 4.98 Å². The van der Waals surface area contributed by atoms with E-state index in [0.29, 0.717) is 31.9 Å². The maximum atomic E-state index is 13.7. The van der Waals surface area contributed by atoms with Gasteiger partial charge in [0.15, 0.2) is 0 Å². The number of nitrogens with zero attached hydrogens (tertiary/aromatic N) is 3. The zero-order chi connectivity index (χ0) is 23.0. The normalized spacial score (nSPS) is 14.6. The molecule has 1 aliphatic rings. The molecule has 0 radical (unpaired) electrons. The summed E-state index contributed by atoms with van der Waals surface area (Å²) in [7, 11) is -3.76. The molecule has 0 amide bonds. The predicted molar refractivity (Wildman–Crippen MR) is 129 cm³/mol. The molecular formula is C26H24FN3O2S. The highest BCUT2D eigenvalue weighted by atomic mass is 32.2. The Bertz CT molecular complexity index is 1400. The molecule has 3 aromatic carbocycles. The van der Waals surface area contributed by atoms with Gasteiger partial charge in [-0.25, -0.2) is 12.8 Å². The molecule has 2 heterocycles. The number of para-hydroxylation sites is 1. The molecule has 7 heteroatoms. The van der Waals surface area contributed by atoms with Gasteiger partial charge in [0.05, 0.1) is 16.1 Å². The summed E-state index contributed by atoms with van der Waals surface area (Å²) >= 11 is 0. The van der Waals surface area contributed by atoms with Gasteiger partial charge in [-0.05, 0) is 49.4 Å². The fourth-order valence-electron chi connectivity index (χ4n) is 4.32. The van der Waals surface area contributed by atoms with Gasteiger partial charge in [0.1, 0.15) is 10.7 Å². The van der Waals surface area contributed by atoms with Crippen molar-refractivity contribution >= 4 is 32.1 Å². The van der Waals surface area contributed by atoms with Crippen LogP contribution in [-0.2, 0) is 9.84 Å². The fraction of sp³-hybridized carbons (Fsp3) is 0.192. The summed E-state index contributed by atoms with van der Waals surface area (Å²) in [6.45, 7) is 4.61. The van der Waals surface area contributed by atoms with Crippen LogP contribution in [-0.4, -0.2) is 39.6 Å². The van der Waals surface area contributed by atoms with Crippen LogP contribution in [0.15, 0.2) is 88.8 Å². The van der Waals surface area contributed by atoms with E-state index in [1.165, 1.54) is 18.3 Å². The van der Waals surface area contributed by atoms with Crippen molar-refractivity contribution in [2.45, 2.75) is 16.7 Å². The maximum absolute atomic E-state index is 13.7. The number of aryl methyl sites for hydroxylation is 1. The Balaban J connectivity index is 1.55. The molecule has 0 N–H and O–H groups in total. The summed E-state index contributed by atoms with van der Waals surface area (Å²) in [4.78, 5) is 9.27. The van der Waals surface area contributed by atoms with Crippen molar-refractivity contribution in [1.29, 1.82) is 0 Å². The van der Waals surface area contributed by atoms with E-state index in [1.54, 1.807) is 24.3 Å². The second kappa shape index (κ2) is 8.48. The third-order valence-corrected chi connectivity index (χ3v) is 7.89. The van der Waals surface area contributed by atoms with Crippen LogP contribution in [0.2, 0.25) is 0 Å². The number of piperazine rings is 1. The van der Waals surface area contributed by atoms with Crippen LogP contribution in [0.25, 0.3) is 10.9 Å². The van der Waals surface area contributed by atoms with Crippen LogP contribution < -0.4 is 9.80 Å². The molecule has 5 rings (SSSR count). The average molecular weight is 462 g/mol. The van der Waals surface area contributed by atoms with E-state index in [-0.39, 0.29) is 15.6 Å². The second-order valence-corrected chi connectivity index (χ2v) is 10.2. The van der Waals surface area contributed by atoms with Crippen molar-refractivity contribution in [2.75, 3.05) is 36.0 Å². The fourth-order valence-corrected chi connectivity index (χ4v) is 5.75. The van der Waals surface area contributed by atoms with Gasteiger partial charge >= 0.3 is 0 Å². The lowest BCUT2D eigenvalue weighted by Crippen LogP contribution is -2.47. The first-order chi connectivity index (χ1) is 15.9. The topological polar surface area (TPSA) is 53.5 Å². The van der Waals surface area contributed by atoms with Gasteiger partial charge in [0.2, 0.25) is 9.84 Å². The summed E-state index contributed by atoms with van der Waals surface area (Å²) < 4.78 is 40.6. The van der Waals surface area contributed by atoms with Crippen LogP contribution in [0.4, 0.5) is 15.8 Å². The van der Waals surface area contributed by atoms with Crippen LogP contribution in [0.5, 0.6) is 0 Å². The summed E-state index contributed by atoms with van der Waals surface area (Å²) in [6, 6.07) is 21.0. The second-order valence-electron chi connectivity index (χ2n) is 8.26. The third kappa shape index (κ3) is 4.04. The van der Waals surface area contributed by atoms with E-state index in [4.69, 9.17) is 0 Å². The van der Waals surface area contributed by atoms with E-state index in [0.717, 1.165) is 22.2 Å². The quantitative estimate of drug-likeness (QED) is 0.435. The number of rotatable bonds is 4. The van der Waals surface area contributed by atoms with Gasteiger partial charge in [-0.3, -0.25) is 4.98 Å². The first-order valence-corrected chi connectivity index (χ1v) is 12.4. The minimum atomic E-state index is -3.76. The Kier molecular flexibility index (Phi) is 5.50. The largest absolute Gasteiger partial charge is 0.368 e. The highest BCUT2D eigenvalue weighted by Crippen LogP contribution is 2.36. The number of halogens is 1. The molecule has 33 heavy (non-hydrogen) atoms. The summed E-state index contributed by atoms with van der Waals surface area (Å²) in [5, 5.41) is 0.820. The number of hydrogen-bond donors (Lipinski definition) is 0. The highest BCUT2D eigenvalue weighted by molar-refractivity contribution is 7.91. The minimum Gasteiger partial charge on any atom is -0.368 e. The van der Waals surface area contributed by atoms with Gasteiger partial charge in [0, 0.05) is 43.4 Å². The van der Waals surface area contributed by atoms with E-state index in [2.05, 4.69) is 14.8 Å². The zero-order valence-corrected chi connectivity index (χ0v) is 19.1. The Morgan fingerprint density at radius 2 is 1.45 bits per heavy atom. The van der Waals surface area contributed by atoms with Crippen LogP contribution in [0.1, 0.15) is 5.56 Å². The van der Waals surface area contributed by atoms with Crippen molar-refractivity contribution in [3.05, 3.63) is 90.4 Å². The lowest BCUT2D eigenvalue weighted by atomic mass is 10.1. The number of sulfone groups is 1. The highest BCUT2D eigenvalue weighted by Gasteiger charge is 2.28. The summed E-state index contributed by atoms with van der Waals surface area (Å²) in [6.07, 6.45) is 1.49. The first kappa shape index (κ1) is 21.4. The number of benzene rings is 3. The molecule has 1 aromatic heterocycles. The number of hydrogen-bond acceptors (Lipinski definition) is 5. The van der Waals surface area contributed by atoms with Gasteiger partial charge < -0.3 is 9.80 Å². The van der Waals surface area contributed by atoms with Crippen LogP contribution >= 0.6 is 0 Å². The first-order valence-electron chi connectivity index (χ1n) is 10.9. The monoisotopic (exact) mass is 461 g/mol. The zero-order valence-electron chi connectivity index (χ0n) is 18.3. The Hall–Kier alpha value is -3.45. The average Bonchev–Trinajstić information content (AvgIpc) is 2.84. The predicted octanol–water partition coefficient (Wildman–Crippen LogP) is 4.84. The lowest BCUT2D eigenvalue weighted by Gasteiger charge is -2.38. The molecule has 0 atom stereocenters. The number of fused-ring (bicyclic) bond motifs is 1. The molecular weight excluding hydrogens is 437 g/mol. The molecule has 1 fully saturated rings. The molecule has 4 aromatic rings. The molecule has 0 saturated carbocycles. The van der Waals surface area contributed by atoms with Crippen LogP contribution in [0, 0.1) is 12.7 Å². The molecule has 1 aliphatic heterocycles. The maximum Gasteiger partial charge on any atom is 0.210 e. The Morgan fingerprint density at radius 1 is 0.818 bits per heavy atom. The van der Waals surface area contributed by atoms with E-state index in [9.17, 15) is 12.8 Å². The third-order valence-electron chi connectivity index (χ3n) is 6.12. The number of pyridine rings is 1. The SMILES string of the molecule is Cc1ccc(S(=O)(=O)c2cnc3ccccc3c2N2CCN(c3ccc(F)cc3)CC2)cc1. The molecule has 0 unspecified atom stereocenters. The number of anilines is 2. The molecule has 1 saturated heterocycles. The van der Waals surface area contributed by atoms with Crippen LogP contribution in [0.3, 0.4) is 0 Å². The van der Waals surface area contributed by atoms with Crippen molar-refractivity contribution in [3.63, 3.8) is 0 Å². The van der Waals surface area contributed by atoms with Crippen molar-refractivity contribution in [2.24, 2.45) is 0 Å². The van der Waals surface area contributed by atoms with Crippen molar-refractivity contribution < 1.29 is 12.8 Å². The molecule has 0 aliphatic carbocycles. The standard InChI is InChI=1S/C26H24FN3O2S/c1-19-6-12-22(13-7-19)33(31,32)25-18-28-24-5-3-2-4-23(24)26(25)30-16-14-29(15-17-30)21-10-8-20(27)9-11-21/h2-13,18H,14-17H2,1H3. The van der Waals surface area contributed by atoms with Gasteiger partial charge in [0.25, 0.3) is 0 Å². The summed E-state index contributed by atoms with van der Waals surface area (Å²) in [5.74, 6) is -0.258. The molecule has 5 nitrogen and oxygen atoms in total. The summed E-state index contributed by atoms with van der Waals surface area (Å²) in [5.41, 5.74) is 3.42. The Labute approximate surface area is 193 Å². The van der Waals surface area contributed by atoms with Gasteiger partial charge in [-0.1, -0.05) is 35.9 Å². The Morgan fingerprint density at radius 3 is 2.15 bits per heavy atom. The van der Waals surface area contributed by atoms with Gasteiger partial charge in [-0.2, -0.15) is 0 Å². The lowest BCUT2D eigenvalue weighted by molar-refractivity contribution is 0.594. The van der Waals surface area contributed by atoms with E-state index >= 15 is 0 Å². The van der Waals surface area contributed by atoms with E-state index in [1.807, 2.05) is 43.3 Å². The van der Waals surface area contributed by atoms with E-state index < -0.39 is 9.84 Å². The van der Waals surface area contributed by atoms with Gasteiger partial charge in [-0.15, -0.1) is 0 Å². The molecule has 168 valence electrons. The molecule has 0 spiro atoms.